The van der Waals surface area contributed by atoms with E-state index in [0.717, 1.165) is 43.7 Å². The number of anilines is 1. The Balaban J connectivity index is 1.51. The van der Waals surface area contributed by atoms with Crippen molar-refractivity contribution in [1.29, 1.82) is 0 Å². The highest BCUT2D eigenvalue weighted by molar-refractivity contribution is 5.94. The molecule has 148 valence electrons. The summed E-state index contributed by atoms with van der Waals surface area (Å²) in [6, 6.07) is 9.46. The van der Waals surface area contributed by atoms with E-state index in [0.29, 0.717) is 18.7 Å². The molecule has 2 N–H and O–H groups in total. The number of guanidine groups is 1. The summed E-state index contributed by atoms with van der Waals surface area (Å²) in [6.07, 6.45) is 3.54. The quantitative estimate of drug-likeness (QED) is 0.596. The van der Waals surface area contributed by atoms with Gasteiger partial charge in [-0.3, -0.25) is 9.79 Å². The van der Waals surface area contributed by atoms with E-state index in [9.17, 15) is 4.79 Å². The first-order chi connectivity index (χ1) is 13.7. The molecule has 2 heterocycles. The van der Waals surface area contributed by atoms with E-state index in [4.69, 9.17) is 0 Å². The van der Waals surface area contributed by atoms with Gasteiger partial charge in [0.1, 0.15) is 0 Å². The number of piperazine rings is 1. The lowest BCUT2D eigenvalue weighted by Gasteiger charge is -2.36. The van der Waals surface area contributed by atoms with Gasteiger partial charge in [-0.25, -0.2) is 9.97 Å². The van der Waals surface area contributed by atoms with E-state index in [1.165, 1.54) is 0 Å². The topological polar surface area (TPSA) is 85.8 Å². The number of benzene rings is 1. The first-order valence-corrected chi connectivity index (χ1v) is 9.56. The number of aliphatic imine (C=N–C) groups is 1. The van der Waals surface area contributed by atoms with Crippen molar-refractivity contribution in [3.05, 3.63) is 53.9 Å². The monoisotopic (exact) mass is 381 g/mol. The van der Waals surface area contributed by atoms with Gasteiger partial charge < -0.3 is 20.4 Å². The van der Waals surface area contributed by atoms with E-state index in [2.05, 4.69) is 35.4 Å². The lowest BCUT2D eigenvalue weighted by Crippen LogP contribution is -2.52. The minimum atomic E-state index is -0.0434. The maximum atomic E-state index is 11.8. The molecular formula is C20H27N7O. The van der Waals surface area contributed by atoms with Gasteiger partial charge in [-0.15, -0.1) is 0 Å². The van der Waals surface area contributed by atoms with Gasteiger partial charge in [0, 0.05) is 64.3 Å². The molecule has 28 heavy (non-hydrogen) atoms. The van der Waals surface area contributed by atoms with Gasteiger partial charge in [0.15, 0.2) is 5.96 Å². The third kappa shape index (κ3) is 4.97. The van der Waals surface area contributed by atoms with Crippen LogP contribution < -0.4 is 15.5 Å². The van der Waals surface area contributed by atoms with Crippen molar-refractivity contribution >= 4 is 17.8 Å². The lowest BCUT2D eigenvalue weighted by molar-refractivity contribution is 0.0956. The zero-order valence-corrected chi connectivity index (χ0v) is 16.4. The van der Waals surface area contributed by atoms with Gasteiger partial charge >= 0.3 is 0 Å². The van der Waals surface area contributed by atoms with Crippen LogP contribution in [0.4, 0.5) is 5.95 Å². The van der Waals surface area contributed by atoms with Crippen molar-refractivity contribution in [2.75, 3.05) is 44.7 Å². The van der Waals surface area contributed by atoms with Gasteiger partial charge in [-0.2, -0.15) is 0 Å². The van der Waals surface area contributed by atoms with Gasteiger partial charge in [-0.1, -0.05) is 12.1 Å². The smallest absolute Gasteiger partial charge is 0.251 e. The van der Waals surface area contributed by atoms with E-state index in [1.54, 1.807) is 19.4 Å². The summed E-state index contributed by atoms with van der Waals surface area (Å²) in [5.41, 5.74) is 1.78. The minimum absolute atomic E-state index is 0.0434. The highest BCUT2D eigenvalue weighted by Gasteiger charge is 2.20. The summed E-state index contributed by atoms with van der Waals surface area (Å²) in [5, 5.41) is 6.22. The number of carbonyl (C=O) groups excluding carboxylic acids is 1. The Kier molecular flexibility index (Phi) is 6.78. The summed E-state index contributed by atoms with van der Waals surface area (Å²) in [5.74, 6) is 1.61. The predicted octanol–water partition coefficient (Wildman–Crippen LogP) is 1.12. The largest absolute Gasteiger partial charge is 0.352 e. The van der Waals surface area contributed by atoms with Crippen molar-refractivity contribution < 1.29 is 4.79 Å². The molecule has 0 aliphatic carbocycles. The number of nitrogens with one attached hydrogen (secondary N) is 2. The summed E-state index contributed by atoms with van der Waals surface area (Å²) >= 11 is 0. The van der Waals surface area contributed by atoms with Crippen LogP contribution in [0.2, 0.25) is 0 Å². The van der Waals surface area contributed by atoms with Crippen LogP contribution in [0.5, 0.6) is 0 Å². The molecule has 0 saturated carbocycles. The average molecular weight is 381 g/mol. The number of hydrogen-bond donors (Lipinski definition) is 2. The normalized spacial score (nSPS) is 14.7. The van der Waals surface area contributed by atoms with E-state index >= 15 is 0 Å². The van der Waals surface area contributed by atoms with Crippen LogP contribution in [0.1, 0.15) is 22.8 Å². The van der Waals surface area contributed by atoms with Crippen LogP contribution in [-0.2, 0) is 6.54 Å². The summed E-state index contributed by atoms with van der Waals surface area (Å²) in [6.45, 7) is 6.61. The Morgan fingerprint density at radius 2 is 1.75 bits per heavy atom. The molecule has 1 aliphatic rings. The Bertz CT molecular complexity index is 784. The van der Waals surface area contributed by atoms with Crippen molar-refractivity contribution in [3.63, 3.8) is 0 Å². The third-order valence-electron chi connectivity index (χ3n) is 4.63. The number of carbonyl (C=O) groups is 1. The average Bonchev–Trinajstić information content (AvgIpc) is 2.76. The molecule has 0 spiro atoms. The van der Waals surface area contributed by atoms with Crippen LogP contribution in [0.25, 0.3) is 0 Å². The molecule has 0 bridgehead atoms. The predicted molar refractivity (Wildman–Crippen MR) is 110 cm³/mol. The molecule has 2 aromatic rings. The van der Waals surface area contributed by atoms with Crippen molar-refractivity contribution in [3.8, 4) is 0 Å². The van der Waals surface area contributed by atoms with Crippen LogP contribution in [0.15, 0.2) is 47.7 Å². The Morgan fingerprint density at radius 3 is 2.36 bits per heavy atom. The first kappa shape index (κ1) is 19.6. The number of amides is 1. The highest BCUT2D eigenvalue weighted by atomic mass is 16.1. The molecule has 1 amide bonds. The Hall–Kier alpha value is -3.16. The zero-order chi connectivity index (χ0) is 19.8. The first-order valence-electron chi connectivity index (χ1n) is 9.56. The second-order valence-electron chi connectivity index (χ2n) is 6.48. The fraction of sp³-hybridized carbons (Fsp3) is 0.400. The second-order valence-corrected chi connectivity index (χ2v) is 6.48. The minimum Gasteiger partial charge on any atom is -0.352 e. The molecular weight excluding hydrogens is 354 g/mol. The van der Waals surface area contributed by atoms with Crippen molar-refractivity contribution in [2.45, 2.75) is 13.5 Å². The molecule has 1 fully saturated rings. The fourth-order valence-electron chi connectivity index (χ4n) is 3.12. The van der Waals surface area contributed by atoms with Crippen LogP contribution >= 0.6 is 0 Å². The summed E-state index contributed by atoms with van der Waals surface area (Å²) in [7, 11) is 1.80. The standard InChI is InChI=1S/C20H27N7O/c1-3-22-18(28)17-7-5-16(6-8-17)15-25-19(21-2)26-11-13-27(14-12-26)20-23-9-4-10-24-20/h4-10H,3,11-15H2,1-2H3,(H,21,25)(H,22,28). The molecule has 1 saturated heterocycles. The van der Waals surface area contributed by atoms with Crippen LogP contribution in [0, 0.1) is 0 Å². The number of nitrogens with zero attached hydrogens (tertiary/aromatic N) is 5. The highest BCUT2D eigenvalue weighted by Crippen LogP contribution is 2.10. The van der Waals surface area contributed by atoms with Gasteiger partial charge in [0.25, 0.3) is 5.91 Å². The Morgan fingerprint density at radius 1 is 1.07 bits per heavy atom. The molecule has 1 aromatic carbocycles. The number of rotatable bonds is 5. The number of aromatic nitrogens is 2. The number of hydrogen-bond acceptors (Lipinski definition) is 5. The molecule has 0 radical (unpaired) electrons. The van der Waals surface area contributed by atoms with E-state index in [1.807, 2.05) is 37.3 Å². The molecule has 0 atom stereocenters. The van der Waals surface area contributed by atoms with E-state index in [-0.39, 0.29) is 5.91 Å². The van der Waals surface area contributed by atoms with Gasteiger partial charge in [0.2, 0.25) is 5.95 Å². The fourth-order valence-corrected chi connectivity index (χ4v) is 3.12. The van der Waals surface area contributed by atoms with E-state index < -0.39 is 0 Å². The van der Waals surface area contributed by atoms with Crippen molar-refractivity contribution in [1.82, 2.24) is 25.5 Å². The lowest BCUT2D eigenvalue weighted by atomic mass is 10.1. The van der Waals surface area contributed by atoms with Crippen molar-refractivity contribution in [2.24, 2.45) is 4.99 Å². The molecule has 3 rings (SSSR count). The summed E-state index contributed by atoms with van der Waals surface area (Å²) < 4.78 is 0. The third-order valence-corrected chi connectivity index (χ3v) is 4.63. The van der Waals surface area contributed by atoms with Crippen LogP contribution in [-0.4, -0.2) is 66.5 Å². The summed E-state index contributed by atoms with van der Waals surface area (Å²) in [4.78, 5) is 29.3. The molecule has 0 unspecified atom stereocenters. The zero-order valence-electron chi connectivity index (χ0n) is 16.4. The maximum Gasteiger partial charge on any atom is 0.251 e. The molecule has 1 aromatic heterocycles. The molecule has 8 nitrogen and oxygen atoms in total. The van der Waals surface area contributed by atoms with Crippen LogP contribution in [0.3, 0.4) is 0 Å². The van der Waals surface area contributed by atoms with Gasteiger partial charge in [0.05, 0.1) is 0 Å². The van der Waals surface area contributed by atoms with Gasteiger partial charge in [-0.05, 0) is 30.7 Å². The maximum absolute atomic E-state index is 11.8. The molecule has 8 heteroatoms. The SMILES string of the molecule is CCNC(=O)c1ccc(CNC(=NC)N2CCN(c3ncccn3)CC2)cc1. The Labute approximate surface area is 165 Å². The molecule has 1 aliphatic heterocycles. The second kappa shape index (κ2) is 9.68.